The molecular weight excluding hydrogens is 282 g/mol. The summed E-state index contributed by atoms with van der Waals surface area (Å²) < 4.78 is 1.56. The van der Waals surface area contributed by atoms with E-state index in [0.29, 0.717) is 17.7 Å². The number of rotatable bonds is 6. The molecule has 0 spiro atoms. The van der Waals surface area contributed by atoms with Gasteiger partial charge in [-0.05, 0) is 12.0 Å². The largest absolute Gasteiger partial charge is 0.480 e. The van der Waals surface area contributed by atoms with E-state index < -0.39 is 17.9 Å². The van der Waals surface area contributed by atoms with E-state index in [1.54, 1.807) is 17.9 Å². The summed E-state index contributed by atoms with van der Waals surface area (Å²) in [6.07, 6.45) is 2.46. The summed E-state index contributed by atoms with van der Waals surface area (Å²) in [5.41, 5.74) is 1.94. The van der Waals surface area contributed by atoms with Gasteiger partial charge >= 0.3 is 5.97 Å². The highest BCUT2D eigenvalue weighted by Crippen LogP contribution is 2.09. The number of nitrogens with zero attached hydrogens (tertiary/aromatic N) is 2. The van der Waals surface area contributed by atoms with Gasteiger partial charge in [-0.3, -0.25) is 9.48 Å². The summed E-state index contributed by atoms with van der Waals surface area (Å²) in [5, 5.41) is 16.1. The molecule has 1 heterocycles. The van der Waals surface area contributed by atoms with Crippen LogP contribution in [0.1, 0.15) is 28.5 Å². The number of benzene rings is 1. The Kier molecular flexibility index (Phi) is 4.93. The molecule has 1 aromatic carbocycles. The molecule has 0 fully saturated rings. The molecule has 0 radical (unpaired) electrons. The first kappa shape index (κ1) is 15.8. The van der Waals surface area contributed by atoms with Crippen molar-refractivity contribution in [2.45, 2.75) is 25.8 Å². The molecule has 6 heteroatoms. The van der Waals surface area contributed by atoms with Crippen LogP contribution in [0.15, 0.2) is 36.5 Å². The van der Waals surface area contributed by atoms with Gasteiger partial charge in [0, 0.05) is 19.7 Å². The van der Waals surface area contributed by atoms with E-state index in [-0.39, 0.29) is 6.42 Å². The molecule has 116 valence electrons. The highest BCUT2D eigenvalue weighted by atomic mass is 16.4. The molecule has 1 atom stereocenters. The topological polar surface area (TPSA) is 84.2 Å². The van der Waals surface area contributed by atoms with Crippen LogP contribution in [0.25, 0.3) is 0 Å². The Labute approximate surface area is 128 Å². The SMILES string of the molecule is CCc1nn(C)cc1C(=O)N[C@H](Cc1ccccc1)C(=O)O. The van der Waals surface area contributed by atoms with Gasteiger partial charge in [-0.25, -0.2) is 4.79 Å². The quantitative estimate of drug-likeness (QED) is 0.845. The Hall–Kier alpha value is -2.63. The summed E-state index contributed by atoms with van der Waals surface area (Å²) >= 11 is 0. The molecule has 1 aromatic heterocycles. The lowest BCUT2D eigenvalue weighted by atomic mass is 10.1. The fourth-order valence-electron chi connectivity index (χ4n) is 2.27. The molecule has 0 saturated heterocycles. The molecule has 2 aromatic rings. The molecule has 0 aliphatic rings. The van der Waals surface area contributed by atoms with Crippen LogP contribution >= 0.6 is 0 Å². The predicted octanol–water partition coefficient (Wildman–Crippen LogP) is 1.41. The minimum absolute atomic E-state index is 0.240. The van der Waals surface area contributed by atoms with E-state index in [1.807, 2.05) is 37.3 Å². The molecule has 2 N–H and O–H groups in total. The predicted molar refractivity (Wildman–Crippen MR) is 81.6 cm³/mol. The lowest BCUT2D eigenvalue weighted by Crippen LogP contribution is -2.42. The average Bonchev–Trinajstić information content (AvgIpc) is 2.88. The highest BCUT2D eigenvalue weighted by Gasteiger charge is 2.23. The van der Waals surface area contributed by atoms with Gasteiger partial charge in [0.2, 0.25) is 0 Å². The zero-order valence-electron chi connectivity index (χ0n) is 12.6. The molecule has 0 bridgehead atoms. The van der Waals surface area contributed by atoms with Crippen molar-refractivity contribution in [3.8, 4) is 0 Å². The number of hydrogen-bond donors (Lipinski definition) is 2. The van der Waals surface area contributed by atoms with E-state index in [1.165, 1.54) is 0 Å². The summed E-state index contributed by atoms with van der Waals surface area (Å²) in [6, 6.07) is 8.24. The molecule has 0 aliphatic carbocycles. The number of aryl methyl sites for hydroxylation is 2. The number of aromatic nitrogens is 2. The number of hydrogen-bond acceptors (Lipinski definition) is 3. The van der Waals surface area contributed by atoms with E-state index in [0.717, 1.165) is 5.56 Å². The Morgan fingerprint density at radius 2 is 2.00 bits per heavy atom. The van der Waals surface area contributed by atoms with Gasteiger partial charge in [0.15, 0.2) is 0 Å². The maximum Gasteiger partial charge on any atom is 0.326 e. The van der Waals surface area contributed by atoms with E-state index in [2.05, 4.69) is 10.4 Å². The number of amides is 1. The van der Waals surface area contributed by atoms with Crippen molar-refractivity contribution in [3.05, 3.63) is 53.3 Å². The molecular formula is C16H19N3O3. The lowest BCUT2D eigenvalue weighted by Gasteiger charge is -2.14. The Balaban J connectivity index is 2.14. The summed E-state index contributed by atoms with van der Waals surface area (Å²) in [4.78, 5) is 23.7. The van der Waals surface area contributed by atoms with Crippen LogP contribution in [0.5, 0.6) is 0 Å². The van der Waals surface area contributed by atoms with Crippen LogP contribution in [-0.2, 0) is 24.7 Å². The van der Waals surface area contributed by atoms with Crippen LogP contribution in [0, 0.1) is 0 Å². The first-order chi connectivity index (χ1) is 10.5. The number of aliphatic carboxylic acids is 1. The third kappa shape index (κ3) is 3.72. The Bertz CT molecular complexity index is 665. The van der Waals surface area contributed by atoms with E-state index >= 15 is 0 Å². The number of carboxylic acid groups (broad SMARTS) is 1. The van der Waals surface area contributed by atoms with Gasteiger partial charge < -0.3 is 10.4 Å². The van der Waals surface area contributed by atoms with Gasteiger partial charge in [-0.1, -0.05) is 37.3 Å². The van der Waals surface area contributed by atoms with Gasteiger partial charge in [0.05, 0.1) is 11.3 Å². The summed E-state index contributed by atoms with van der Waals surface area (Å²) in [6.45, 7) is 1.90. The van der Waals surface area contributed by atoms with Gasteiger partial charge in [-0.15, -0.1) is 0 Å². The minimum Gasteiger partial charge on any atom is -0.480 e. The molecule has 6 nitrogen and oxygen atoms in total. The third-order valence-electron chi connectivity index (χ3n) is 3.37. The highest BCUT2D eigenvalue weighted by molar-refractivity contribution is 5.97. The van der Waals surface area contributed by atoms with Crippen LogP contribution in [0.3, 0.4) is 0 Å². The average molecular weight is 301 g/mol. The Morgan fingerprint density at radius 1 is 1.32 bits per heavy atom. The van der Waals surface area contributed by atoms with Crippen LogP contribution in [-0.4, -0.2) is 32.8 Å². The maximum absolute atomic E-state index is 12.3. The second-order valence-corrected chi connectivity index (χ2v) is 5.07. The standard InChI is InChI=1S/C16H19N3O3/c1-3-13-12(10-19(2)18-13)15(20)17-14(16(21)22)9-11-7-5-4-6-8-11/h4-8,10,14H,3,9H2,1-2H3,(H,17,20)(H,21,22)/t14-/m1/s1. The fraction of sp³-hybridized carbons (Fsp3) is 0.312. The van der Waals surface area contributed by atoms with E-state index in [4.69, 9.17) is 0 Å². The van der Waals surface area contributed by atoms with Crippen molar-refractivity contribution in [2.75, 3.05) is 0 Å². The maximum atomic E-state index is 12.3. The number of carbonyl (C=O) groups is 2. The second kappa shape index (κ2) is 6.89. The molecule has 22 heavy (non-hydrogen) atoms. The molecule has 0 aliphatic heterocycles. The molecule has 0 unspecified atom stereocenters. The van der Waals surface area contributed by atoms with Crippen molar-refractivity contribution < 1.29 is 14.7 Å². The molecule has 1 amide bonds. The zero-order chi connectivity index (χ0) is 16.1. The second-order valence-electron chi connectivity index (χ2n) is 5.07. The van der Waals surface area contributed by atoms with Gasteiger partial charge in [0.25, 0.3) is 5.91 Å². The van der Waals surface area contributed by atoms with Crippen molar-refractivity contribution in [3.63, 3.8) is 0 Å². The van der Waals surface area contributed by atoms with E-state index in [9.17, 15) is 14.7 Å². The van der Waals surface area contributed by atoms with Gasteiger partial charge in [-0.2, -0.15) is 5.10 Å². The summed E-state index contributed by atoms with van der Waals surface area (Å²) in [5.74, 6) is -1.47. The number of carbonyl (C=O) groups excluding carboxylic acids is 1. The monoisotopic (exact) mass is 301 g/mol. The third-order valence-corrected chi connectivity index (χ3v) is 3.37. The van der Waals surface area contributed by atoms with Crippen LogP contribution in [0.4, 0.5) is 0 Å². The zero-order valence-corrected chi connectivity index (χ0v) is 12.6. The van der Waals surface area contributed by atoms with Crippen LogP contribution < -0.4 is 5.32 Å². The lowest BCUT2D eigenvalue weighted by molar-refractivity contribution is -0.139. The first-order valence-corrected chi connectivity index (χ1v) is 7.11. The Morgan fingerprint density at radius 3 is 2.59 bits per heavy atom. The van der Waals surface area contributed by atoms with Crippen molar-refractivity contribution >= 4 is 11.9 Å². The van der Waals surface area contributed by atoms with Crippen molar-refractivity contribution in [1.29, 1.82) is 0 Å². The smallest absolute Gasteiger partial charge is 0.326 e. The van der Waals surface area contributed by atoms with Gasteiger partial charge in [0.1, 0.15) is 6.04 Å². The van der Waals surface area contributed by atoms with Crippen molar-refractivity contribution in [2.24, 2.45) is 7.05 Å². The first-order valence-electron chi connectivity index (χ1n) is 7.11. The van der Waals surface area contributed by atoms with Crippen molar-refractivity contribution in [1.82, 2.24) is 15.1 Å². The number of nitrogens with one attached hydrogen (secondary N) is 1. The normalized spacial score (nSPS) is 11.9. The number of carboxylic acids is 1. The molecule has 0 saturated carbocycles. The fourth-order valence-corrected chi connectivity index (χ4v) is 2.27. The minimum atomic E-state index is -1.06. The van der Waals surface area contributed by atoms with Crippen LogP contribution in [0.2, 0.25) is 0 Å². The molecule has 2 rings (SSSR count). The summed E-state index contributed by atoms with van der Waals surface area (Å²) in [7, 11) is 1.73.